The standard InChI is InChI=1S/C20H23ClN2O3S/c1-14(15-2-7-18-19(12-15)26-10-9-25-18)23-13-20(24)22-8-11-27-17-5-3-16(21)4-6-17/h2-7,12,14,23H,8-11,13H2,1H3,(H,22,24)/t14-/m1/s1. The molecular weight excluding hydrogens is 384 g/mol. The minimum absolute atomic E-state index is 0.0175. The van der Waals surface area contributed by atoms with Crippen LogP contribution >= 0.6 is 23.4 Å². The van der Waals surface area contributed by atoms with E-state index >= 15 is 0 Å². The molecule has 1 heterocycles. The van der Waals surface area contributed by atoms with Gasteiger partial charge in [-0.3, -0.25) is 4.79 Å². The van der Waals surface area contributed by atoms with E-state index in [4.69, 9.17) is 21.1 Å². The van der Waals surface area contributed by atoms with Gasteiger partial charge in [0.1, 0.15) is 13.2 Å². The predicted molar refractivity (Wildman–Crippen MR) is 109 cm³/mol. The fourth-order valence-corrected chi connectivity index (χ4v) is 3.54. The lowest BCUT2D eigenvalue weighted by Crippen LogP contribution is -2.36. The highest BCUT2D eigenvalue weighted by Gasteiger charge is 2.14. The number of carbonyl (C=O) groups excluding carboxylic acids is 1. The molecule has 0 aromatic heterocycles. The molecule has 2 aromatic rings. The molecule has 0 radical (unpaired) electrons. The van der Waals surface area contributed by atoms with Gasteiger partial charge in [0.25, 0.3) is 0 Å². The topological polar surface area (TPSA) is 59.6 Å². The highest BCUT2D eigenvalue weighted by molar-refractivity contribution is 7.99. The van der Waals surface area contributed by atoms with Crippen LogP contribution in [-0.4, -0.2) is 38.0 Å². The molecule has 1 atom stereocenters. The molecule has 2 N–H and O–H groups in total. The molecule has 0 unspecified atom stereocenters. The number of nitrogens with one attached hydrogen (secondary N) is 2. The fourth-order valence-electron chi connectivity index (χ4n) is 2.65. The fraction of sp³-hybridized carbons (Fsp3) is 0.350. The van der Waals surface area contributed by atoms with E-state index in [2.05, 4.69) is 10.6 Å². The van der Waals surface area contributed by atoms with Crippen LogP contribution in [0.5, 0.6) is 11.5 Å². The third-order valence-electron chi connectivity index (χ3n) is 4.14. The summed E-state index contributed by atoms with van der Waals surface area (Å²) < 4.78 is 11.1. The number of carbonyl (C=O) groups is 1. The molecule has 0 aliphatic carbocycles. The van der Waals surface area contributed by atoms with Crippen molar-refractivity contribution in [1.29, 1.82) is 0 Å². The number of hydrogen-bond acceptors (Lipinski definition) is 5. The summed E-state index contributed by atoms with van der Waals surface area (Å²) in [4.78, 5) is 13.2. The first kappa shape index (κ1) is 19.9. The van der Waals surface area contributed by atoms with Gasteiger partial charge >= 0.3 is 0 Å². The summed E-state index contributed by atoms with van der Waals surface area (Å²) in [5, 5.41) is 6.90. The van der Waals surface area contributed by atoms with Crippen LogP contribution in [0, 0.1) is 0 Å². The Morgan fingerprint density at radius 3 is 2.67 bits per heavy atom. The van der Waals surface area contributed by atoms with E-state index in [9.17, 15) is 4.79 Å². The number of hydrogen-bond donors (Lipinski definition) is 2. The molecule has 27 heavy (non-hydrogen) atoms. The Morgan fingerprint density at radius 1 is 1.15 bits per heavy atom. The Morgan fingerprint density at radius 2 is 1.89 bits per heavy atom. The third-order valence-corrected chi connectivity index (χ3v) is 5.41. The van der Waals surface area contributed by atoms with E-state index in [0.29, 0.717) is 19.8 Å². The van der Waals surface area contributed by atoms with Gasteiger partial charge in [0.15, 0.2) is 11.5 Å². The number of rotatable bonds is 8. The van der Waals surface area contributed by atoms with Crippen molar-refractivity contribution in [3.05, 3.63) is 53.1 Å². The SMILES string of the molecule is C[C@@H](NCC(=O)NCCSc1ccc(Cl)cc1)c1ccc2c(c1)OCCO2. The summed E-state index contributed by atoms with van der Waals surface area (Å²) in [6.07, 6.45) is 0. The Labute approximate surface area is 168 Å². The van der Waals surface area contributed by atoms with E-state index in [1.165, 1.54) is 0 Å². The minimum atomic E-state index is -0.0175. The predicted octanol–water partition coefficient (Wildman–Crippen LogP) is 3.67. The van der Waals surface area contributed by atoms with Crippen LogP contribution in [0.4, 0.5) is 0 Å². The van der Waals surface area contributed by atoms with E-state index in [1.54, 1.807) is 11.8 Å². The first-order valence-corrected chi connectivity index (χ1v) is 10.3. The van der Waals surface area contributed by atoms with Gasteiger partial charge < -0.3 is 20.1 Å². The number of halogens is 1. The maximum absolute atomic E-state index is 12.0. The molecule has 0 saturated heterocycles. The number of fused-ring (bicyclic) bond motifs is 1. The van der Waals surface area contributed by atoms with Crippen molar-refractivity contribution < 1.29 is 14.3 Å². The van der Waals surface area contributed by atoms with Crippen molar-refractivity contribution in [3.63, 3.8) is 0 Å². The van der Waals surface area contributed by atoms with Gasteiger partial charge in [-0.05, 0) is 48.9 Å². The van der Waals surface area contributed by atoms with Crippen LogP contribution in [0.25, 0.3) is 0 Å². The van der Waals surface area contributed by atoms with Gasteiger partial charge in [0, 0.05) is 28.3 Å². The van der Waals surface area contributed by atoms with Crippen LogP contribution in [0.3, 0.4) is 0 Å². The van der Waals surface area contributed by atoms with Crippen molar-refractivity contribution in [3.8, 4) is 11.5 Å². The highest BCUT2D eigenvalue weighted by atomic mass is 35.5. The zero-order chi connectivity index (χ0) is 19.1. The van der Waals surface area contributed by atoms with E-state index < -0.39 is 0 Å². The molecule has 0 bridgehead atoms. The largest absolute Gasteiger partial charge is 0.486 e. The molecule has 144 valence electrons. The van der Waals surface area contributed by atoms with Gasteiger partial charge in [-0.25, -0.2) is 0 Å². The number of thioether (sulfide) groups is 1. The summed E-state index contributed by atoms with van der Waals surface area (Å²) in [5.41, 5.74) is 1.06. The van der Waals surface area contributed by atoms with Crippen LogP contribution in [0.1, 0.15) is 18.5 Å². The van der Waals surface area contributed by atoms with Gasteiger partial charge in [0.05, 0.1) is 6.54 Å². The Bertz CT molecular complexity index is 770. The molecular formula is C20H23ClN2O3S. The molecule has 0 spiro atoms. The smallest absolute Gasteiger partial charge is 0.234 e. The second-order valence-corrected chi connectivity index (χ2v) is 7.76. The van der Waals surface area contributed by atoms with Crippen molar-refractivity contribution in [2.45, 2.75) is 17.9 Å². The van der Waals surface area contributed by atoms with Crippen LogP contribution in [0.15, 0.2) is 47.4 Å². The monoisotopic (exact) mass is 406 g/mol. The van der Waals surface area contributed by atoms with E-state index in [-0.39, 0.29) is 18.5 Å². The van der Waals surface area contributed by atoms with Crippen molar-refractivity contribution in [2.75, 3.05) is 32.1 Å². The normalized spacial score (nSPS) is 13.9. The lowest BCUT2D eigenvalue weighted by atomic mass is 10.1. The number of benzene rings is 2. The minimum Gasteiger partial charge on any atom is -0.486 e. The van der Waals surface area contributed by atoms with Crippen molar-refractivity contribution >= 4 is 29.3 Å². The Hall–Kier alpha value is -1.89. The summed E-state index contributed by atoms with van der Waals surface area (Å²) in [6, 6.07) is 13.6. The average molecular weight is 407 g/mol. The summed E-state index contributed by atoms with van der Waals surface area (Å²) in [5.74, 6) is 2.32. The van der Waals surface area contributed by atoms with Crippen molar-refractivity contribution in [2.24, 2.45) is 0 Å². The first-order chi connectivity index (χ1) is 13.1. The highest BCUT2D eigenvalue weighted by Crippen LogP contribution is 2.32. The maximum Gasteiger partial charge on any atom is 0.234 e. The number of ether oxygens (including phenoxy) is 2. The van der Waals surface area contributed by atoms with Crippen LogP contribution in [-0.2, 0) is 4.79 Å². The number of amides is 1. The third kappa shape index (κ3) is 6.06. The molecule has 7 heteroatoms. The second-order valence-electron chi connectivity index (χ2n) is 6.16. The lowest BCUT2D eigenvalue weighted by Gasteiger charge is -2.21. The molecule has 0 fully saturated rings. The molecule has 1 amide bonds. The van der Waals surface area contributed by atoms with Gasteiger partial charge in [-0.15, -0.1) is 11.8 Å². The summed E-state index contributed by atoms with van der Waals surface area (Å²) in [6.45, 7) is 4.05. The van der Waals surface area contributed by atoms with Crippen LogP contribution in [0.2, 0.25) is 5.02 Å². The van der Waals surface area contributed by atoms with Crippen molar-refractivity contribution in [1.82, 2.24) is 10.6 Å². The molecule has 3 rings (SSSR count). The molecule has 1 aliphatic heterocycles. The summed E-state index contributed by atoms with van der Waals surface area (Å²) >= 11 is 7.55. The van der Waals surface area contributed by atoms with E-state index in [0.717, 1.165) is 32.7 Å². The quantitative estimate of drug-likeness (QED) is 0.517. The first-order valence-electron chi connectivity index (χ1n) is 8.90. The lowest BCUT2D eigenvalue weighted by molar-refractivity contribution is -0.120. The van der Waals surface area contributed by atoms with Gasteiger partial charge in [-0.1, -0.05) is 17.7 Å². The molecule has 1 aliphatic rings. The average Bonchev–Trinajstić information content (AvgIpc) is 2.70. The maximum atomic E-state index is 12.0. The second kappa shape index (κ2) is 9.88. The Balaban J connectivity index is 1.36. The van der Waals surface area contributed by atoms with E-state index in [1.807, 2.05) is 49.4 Å². The van der Waals surface area contributed by atoms with Crippen LogP contribution < -0.4 is 20.1 Å². The summed E-state index contributed by atoms with van der Waals surface area (Å²) in [7, 11) is 0. The molecule has 5 nitrogen and oxygen atoms in total. The van der Waals surface area contributed by atoms with Gasteiger partial charge in [0.2, 0.25) is 5.91 Å². The van der Waals surface area contributed by atoms with Gasteiger partial charge in [-0.2, -0.15) is 0 Å². The zero-order valence-corrected chi connectivity index (χ0v) is 16.7. The molecule has 0 saturated carbocycles. The molecule has 2 aromatic carbocycles. The zero-order valence-electron chi connectivity index (χ0n) is 15.2. The Kier molecular flexibility index (Phi) is 7.26.